The number of benzene rings is 1. The Morgan fingerprint density at radius 1 is 1.08 bits per heavy atom. The van der Waals surface area contributed by atoms with Gasteiger partial charge in [-0.3, -0.25) is 9.59 Å². The molecule has 1 fully saturated rings. The standard InChI is InChI=1S/C22H28O4/c1-12(2)14-10-15-16(21(26-6)20(14)25-5)9-13-7-8-19(24)22(3,4)17(13)11-18(15)23/h9-10,12,17H,7-8,11H2,1-6H3. The van der Waals surface area contributed by atoms with Crippen molar-refractivity contribution in [3.05, 3.63) is 28.3 Å². The van der Waals surface area contributed by atoms with Crippen LogP contribution >= 0.6 is 0 Å². The molecule has 1 aromatic carbocycles. The van der Waals surface area contributed by atoms with E-state index in [1.165, 1.54) is 5.57 Å². The number of carbonyl (C=O) groups excluding carboxylic acids is 2. The Balaban J connectivity index is 2.26. The van der Waals surface area contributed by atoms with Gasteiger partial charge in [0.1, 0.15) is 5.78 Å². The molecule has 0 spiro atoms. The highest BCUT2D eigenvalue weighted by molar-refractivity contribution is 6.04. The van der Waals surface area contributed by atoms with Crippen LogP contribution in [-0.4, -0.2) is 25.8 Å². The van der Waals surface area contributed by atoms with Crippen LogP contribution in [0.2, 0.25) is 0 Å². The molecule has 1 unspecified atom stereocenters. The van der Waals surface area contributed by atoms with Crippen molar-refractivity contribution >= 4 is 17.6 Å². The van der Waals surface area contributed by atoms with Crippen LogP contribution in [0.4, 0.5) is 0 Å². The van der Waals surface area contributed by atoms with Gasteiger partial charge in [0, 0.05) is 34.9 Å². The van der Waals surface area contributed by atoms with E-state index in [9.17, 15) is 9.59 Å². The minimum atomic E-state index is -0.514. The monoisotopic (exact) mass is 356 g/mol. The van der Waals surface area contributed by atoms with Crippen molar-refractivity contribution in [3.8, 4) is 11.5 Å². The maximum Gasteiger partial charge on any atom is 0.168 e. The quantitative estimate of drug-likeness (QED) is 0.780. The molecular formula is C22H28O4. The summed E-state index contributed by atoms with van der Waals surface area (Å²) in [5, 5.41) is 0. The zero-order valence-electron chi connectivity index (χ0n) is 16.6. The number of ether oxygens (including phenoxy) is 2. The zero-order chi connectivity index (χ0) is 19.2. The summed E-state index contributed by atoms with van der Waals surface area (Å²) < 4.78 is 11.3. The van der Waals surface area contributed by atoms with Crippen LogP contribution in [0.1, 0.15) is 74.4 Å². The molecule has 140 valence electrons. The van der Waals surface area contributed by atoms with Gasteiger partial charge in [0.2, 0.25) is 0 Å². The molecule has 0 amide bonds. The first-order valence-corrected chi connectivity index (χ1v) is 9.28. The number of allylic oxidation sites excluding steroid dienone is 1. The van der Waals surface area contributed by atoms with Gasteiger partial charge in [0.05, 0.1) is 14.2 Å². The predicted octanol–water partition coefficient (Wildman–Crippen LogP) is 4.80. The van der Waals surface area contributed by atoms with E-state index in [-0.39, 0.29) is 23.4 Å². The molecular weight excluding hydrogens is 328 g/mol. The van der Waals surface area contributed by atoms with E-state index in [1.54, 1.807) is 14.2 Å². The van der Waals surface area contributed by atoms with E-state index >= 15 is 0 Å². The highest BCUT2D eigenvalue weighted by Crippen LogP contribution is 2.49. The van der Waals surface area contributed by atoms with Gasteiger partial charge >= 0.3 is 0 Å². The van der Waals surface area contributed by atoms with Gasteiger partial charge in [-0.2, -0.15) is 0 Å². The first kappa shape index (κ1) is 18.7. The first-order chi connectivity index (χ1) is 12.2. The molecule has 1 atom stereocenters. The van der Waals surface area contributed by atoms with Crippen LogP contribution in [-0.2, 0) is 4.79 Å². The molecule has 0 heterocycles. The first-order valence-electron chi connectivity index (χ1n) is 9.28. The normalized spacial score (nSPS) is 21.7. The van der Waals surface area contributed by atoms with Crippen molar-refractivity contribution in [2.45, 2.75) is 52.9 Å². The molecule has 0 N–H and O–H groups in total. The Labute approximate surface area is 155 Å². The van der Waals surface area contributed by atoms with E-state index in [2.05, 4.69) is 19.9 Å². The summed E-state index contributed by atoms with van der Waals surface area (Å²) in [7, 11) is 3.24. The molecule has 0 radical (unpaired) electrons. The molecule has 26 heavy (non-hydrogen) atoms. The maximum absolute atomic E-state index is 13.2. The third-order valence-corrected chi connectivity index (χ3v) is 6.03. The van der Waals surface area contributed by atoms with Gasteiger partial charge in [0.15, 0.2) is 17.3 Å². The Kier molecular flexibility index (Phi) is 4.72. The van der Waals surface area contributed by atoms with Crippen molar-refractivity contribution in [1.29, 1.82) is 0 Å². The Morgan fingerprint density at radius 3 is 2.31 bits per heavy atom. The Hall–Kier alpha value is -2.10. The lowest BCUT2D eigenvalue weighted by atomic mass is 9.64. The van der Waals surface area contributed by atoms with Gasteiger partial charge < -0.3 is 9.47 Å². The Morgan fingerprint density at radius 2 is 1.73 bits per heavy atom. The topological polar surface area (TPSA) is 52.6 Å². The largest absolute Gasteiger partial charge is 0.493 e. The van der Waals surface area contributed by atoms with E-state index in [4.69, 9.17) is 9.47 Å². The SMILES string of the molecule is COc1c(C(C)C)cc2c(c1OC)C=C1CCC(=O)C(C)(C)C1CC2=O. The predicted molar refractivity (Wildman–Crippen MR) is 102 cm³/mol. The summed E-state index contributed by atoms with van der Waals surface area (Å²) in [6, 6.07) is 1.95. The maximum atomic E-state index is 13.2. The van der Waals surface area contributed by atoms with Gasteiger partial charge in [0.25, 0.3) is 0 Å². The highest BCUT2D eigenvalue weighted by atomic mass is 16.5. The lowest BCUT2D eigenvalue weighted by Crippen LogP contribution is -2.38. The number of carbonyl (C=O) groups is 2. The molecule has 3 rings (SSSR count). The van der Waals surface area contributed by atoms with E-state index < -0.39 is 5.41 Å². The smallest absolute Gasteiger partial charge is 0.168 e. The van der Waals surface area contributed by atoms with Crippen molar-refractivity contribution in [3.63, 3.8) is 0 Å². The average Bonchev–Trinajstić information content (AvgIpc) is 2.74. The summed E-state index contributed by atoms with van der Waals surface area (Å²) in [6.45, 7) is 8.08. The molecule has 4 heteroatoms. The molecule has 0 bridgehead atoms. The second kappa shape index (κ2) is 6.57. The molecule has 1 aromatic rings. The number of rotatable bonds is 3. The molecule has 0 aliphatic heterocycles. The molecule has 4 nitrogen and oxygen atoms in total. The fourth-order valence-corrected chi connectivity index (χ4v) is 4.34. The summed E-state index contributed by atoms with van der Waals surface area (Å²) in [5.74, 6) is 1.77. The van der Waals surface area contributed by atoms with Crippen LogP contribution in [0.25, 0.3) is 6.08 Å². The van der Waals surface area contributed by atoms with Crippen molar-refractivity contribution in [1.82, 2.24) is 0 Å². The van der Waals surface area contributed by atoms with Crippen LogP contribution in [0.15, 0.2) is 11.6 Å². The number of Topliss-reactive ketones (excluding diaryl/α,β-unsaturated/α-hetero) is 2. The molecule has 0 saturated heterocycles. The number of ketones is 2. The Bertz CT molecular complexity index is 799. The summed E-state index contributed by atoms with van der Waals surface area (Å²) in [6.07, 6.45) is 3.68. The number of hydrogen-bond donors (Lipinski definition) is 0. The summed E-state index contributed by atoms with van der Waals surface area (Å²) in [5.41, 5.74) is 3.09. The van der Waals surface area contributed by atoms with Gasteiger partial charge in [-0.05, 0) is 24.3 Å². The van der Waals surface area contributed by atoms with E-state index in [0.29, 0.717) is 36.3 Å². The van der Waals surface area contributed by atoms with Gasteiger partial charge in [-0.25, -0.2) is 0 Å². The fourth-order valence-electron chi connectivity index (χ4n) is 4.34. The van der Waals surface area contributed by atoms with E-state index in [0.717, 1.165) is 11.1 Å². The summed E-state index contributed by atoms with van der Waals surface area (Å²) >= 11 is 0. The van der Waals surface area contributed by atoms with Gasteiger partial charge in [-0.15, -0.1) is 0 Å². The number of hydrogen-bond acceptors (Lipinski definition) is 4. The molecule has 2 aliphatic rings. The minimum Gasteiger partial charge on any atom is -0.493 e. The molecule has 2 aliphatic carbocycles. The van der Waals surface area contributed by atoms with Crippen molar-refractivity contribution in [2.24, 2.45) is 11.3 Å². The highest BCUT2D eigenvalue weighted by Gasteiger charge is 2.44. The number of fused-ring (bicyclic) bond motifs is 2. The van der Waals surface area contributed by atoms with Crippen LogP contribution < -0.4 is 9.47 Å². The lowest BCUT2D eigenvalue weighted by Gasteiger charge is -2.38. The zero-order valence-corrected chi connectivity index (χ0v) is 16.6. The van der Waals surface area contributed by atoms with Crippen LogP contribution in [0.3, 0.4) is 0 Å². The van der Waals surface area contributed by atoms with E-state index in [1.807, 2.05) is 19.9 Å². The van der Waals surface area contributed by atoms with Crippen LogP contribution in [0.5, 0.6) is 11.5 Å². The van der Waals surface area contributed by atoms with Crippen molar-refractivity contribution in [2.75, 3.05) is 14.2 Å². The second-order valence-corrected chi connectivity index (χ2v) is 8.19. The second-order valence-electron chi connectivity index (χ2n) is 8.19. The van der Waals surface area contributed by atoms with Crippen LogP contribution in [0, 0.1) is 11.3 Å². The van der Waals surface area contributed by atoms with Crippen molar-refractivity contribution < 1.29 is 19.1 Å². The van der Waals surface area contributed by atoms with Gasteiger partial charge in [-0.1, -0.05) is 39.3 Å². The number of methoxy groups -OCH3 is 2. The molecule has 1 saturated carbocycles. The molecule has 0 aromatic heterocycles. The summed E-state index contributed by atoms with van der Waals surface area (Å²) in [4.78, 5) is 25.6. The fraction of sp³-hybridized carbons (Fsp3) is 0.545. The lowest BCUT2D eigenvalue weighted by molar-refractivity contribution is -0.130. The third-order valence-electron chi connectivity index (χ3n) is 6.03. The average molecular weight is 356 g/mol. The minimum absolute atomic E-state index is 0.0538. The third kappa shape index (κ3) is 2.76.